The standard InChI is InChI=1S/C12H15N5O/c1-3-17-11(10(13)8(2)16-17)12(18)15-9-5-4-6-14-7-9/h4-7H,3,13H2,1-2H3,(H,15,18). The van der Waals surface area contributed by atoms with Crippen LogP contribution < -0.4 is 11.1 Å². The van der Waals surface area contributed by atoms with E-state index < -0.39 is 0 Å². The number of nitrogens with two attached hydrogens (primary N) is 1. The van der Waals surface area contributed by atoms with Gasteiger partial charge in [-0.05, 0) is 26.0 Å². The number of aryl methyl sites for hydroxylation is 2. The number of nitrogen functional groups attached to an aromatic ring is 1. The van der Waals surface area contributed by atoms with Crippen LogP contribution in [0.1, 0.15) is 23.1 Å². The third-order valence-electron chi connectivity index (χ3n) is 2.61. The second kappa shape index (κ2) is 4.87. The maximum absolute atomic E-state index is 12.1. The lowest BCUT2D eigenvalue weighted by atomic mass is 10.3. The Morgan fingerprint density at radius 2 is 2.33 bits per heavy atom. The highest BCUT2D eigenvalue weighted by molar-refractivity contribution is 6.06. The van der Waals surface area contributed by atoms with Crippen molar-refractivity contribution in [3.8, 4) is 0 Å². The number of hydrogen-bond acceptors (Lipinski definition) is 4. The number of hydrogen-bond donors (Lipinski definition) is 2. The summed E-state index contributed by atoms with van der Waals surface area (Å²) in [5.41, 5.74) is 7.97. The summed E-state index contributed by atoms with van der Waals surface area (Å²) in [4.78, 5) is 16.1. The summed E-state index contributed by atoms with van der Waals surface area (Å²) in [5.74, 6) is -0.275. The molecule has 0 saturated heterocycles. The summed E-state index contributed by atoms with van der Waals surface area (Å²) in [6.07, 6.45) is 3.22. The van der Waals surface area contributed by atoms with Crippen molar-refractivity contribution in [1.82, 2.24) is 14.8 Å². The first-order valence-corrected chi connectivity index (χ1v) is 5.67. The van der Waals surface area contributed by atoms with Crippen molar-refractivity contribution in [2.45, 2.75) is 20.4 Å². The lowest BCUT2D eigenvalue weighted by molar-refractivity contribution is 0.101. The van der Waals surface area contributed by atoms with Crippen molar-refractivity contribution in [1.29, 1.82) is 0 Å². The molecule has 0 aliphatic rings. The molecular weight excluding hydrogens is 230 g/mol. The molecule has 2 rings (SSSR count). The van der Waals surface area contributed by atoms with Gasteiger partial charge in [-0.3, -0.25) is 14.5 Å². The van der Waals surface area contributed by atoms with Gasteiger partial charge in [-0.2, -0.15) is 5.10 Å². The molecule has 0 bridgehead atoms. The summed E-state index contributed by atoms with van der Waals surface area (Å²) in [5, 5.41) is 6.95. The maximum Gasteiger partial charge on any atom is 0.276 e. The van der Waals surface area contributed by atoms with Crippen molar-refractivity contribution in [2.24, 2.45) is 0 Å². The quantitative estimate of drug-likeness (QED) is 0.856. The Labute approximate surface area is 105 Å². The van der Waals surface area contributed by atoms with E-state index in [0.29, 0.717) is 29.3 Å². The van der Waals surface area contributed by atoms with Gasteiger partial charge in [0.1, 0.15) is 5.69 Å². The molecule has 2 aromatic rings. The Morgan fingerprint density at radius 1 is 1.56 bits per heavy atom. The smallest absolute Gasteiger partial charge is 0.276 e. The number of amides is 1. The summed E-state index contributed by atoms with van der Waals surface area (Å²) < 4.78 is 1.59. The second-order valence-corrected chi connectivity index (χ2v) is 3.86. The molecule has 2 heterocycles. The molecule has 0 atom stereocenters. The van der Waals surface area contributed by atoms with E-state index in [1.165, 1.54) is 0 Å². The van der Waals surface area contributed by atoms with Crippen LogP contribution in [0.3, 0.4) is 0 Å². The zero-order valence-electron chi connectivity index (χ0n) is 10.3. The predicted molar refractivity (Wildman–Crippen MR) is 69.2 cm³/mol. The Morgan fingerprint density at radius 3 is 2.94 bits per heavy atom. The monoisotopic (exact) mass is 245 g/mol. The molecule has 94 valence electrons. The molecule has 0 aliphatic carbocycles. The highest BCUT2D eigenvalue weighted by Gasteiger charge is 2.18. The number of anilines is 2. The average molecular weight is 245 g/mol. The summed E-state index contributed by atoms with van der Waals surface area (Å²) in [7, 11) is 0. The molecule has 1 amide bonds. The van der Waals surface area contributed by atoms with Crippen molar-refractivity contribution in [3.63, 3.8) is 0 Å². The Kier molecular flexibility index (Phi) is 3.27. The molecular formula is C12H15N5O. The molecule has 0 aromatic carbocycles. The van der Waals surface area contributed by atoms with E-state index in [9.17, 15) is 4.79 Å². The van der Waals surface area contributed by atoms with Gasteiger partial charge in [0.25, 0.3) is 5.91 Å². The van der Waals surface area contributed by atoms with Crippen molar-refractivity contribution in [3.05, 3.63) is 35.9 Å². The number of nitrogens with zero attached hydrogens (tertiary/aromatic N) is 3. The van der Waals surface area contributed by atoms with Gasteiger partial charge in [-0.15, -0.1) is 0 Å². The van der Waals surface area contributed by atoms with E-state index in [0.717, 1.165) is 0 Å². The highest BCUT2D eigenvalue weighted by atomic mass is 16.2. The predicted octanol–water partition coefficient (Wildman–Crippen LogP) is 1.44. The van der Waals surface area contributed by atoms with Crippen LogP contribution >= 0.6 is 0 Å². The molecule has 2 aromatic heterocycles. The first-order valence-electron chi connectivity index (χ1n) is 5.67. The van der Waals surface area contributed by atoms with Gasteiger partial charge < -0.3 is 11.1 Å². The highest BCUT2D eigenvalue weighted by Crippen LogP contribution is 2.18. The molecule has 0 radical (unpaired) electrons. The van der Waals surface area contributed by atoms with Gasteiger partial charge in [-0.25, -0.2) is 0 Å². The number of rotatable bonds is 3. The normalized spacial score (nSPS) is 10.3. The van der Waals surface area contributed by atoms with Gasteiger partial charge in [0.05, 0.1) is 23.3 Å². The first-order chi connectivity index (χ1) is 8.63. The Bertz CT molecular complexity index is 561. The van der Waals surface area contributed by atoms with Crippen LogP contribution in [-0.2, 0) is 6.54 Å². The van der Waals surface area contributed by atoms with Crippen LogP contribution in [0.4, 0.5) is 11.4 Å². The van der Waals surface area contributed by atoms with Gasteiger partial charge >= 0.3 is 0 Å². The van der Waals surface area contributed by atoms with Crippen LogP contribution in [0.15, 0.2) is 24.5 Å². The fourth-order valence-corrected chi connectivity index (χ4v) is 1.69. The minimum atomic E-state index is -0.275. The number of nitrogens with one attached hydrogen (secondary N) is 1. The number of carbonyl (C=O) groups is 1. The van der Waals surface area contributed by atoms with E-state index in [1.807, 2.05) is 6.92 Å². The van der Waals surface area contributed by atoms with E-state index in [-0.39, 0.29) is 5.91 Å². The summed E-state index contributed by atoms with van der Waals surface area (Å²) in [6, 6.07) is 3.52. The average Bonchev–Trinajstić information content (AvgIpc) is 2.66. The van der Waals surface area contributed by atoms with E-state index in [4.69, 9.17) is 5.73 Å². The van der Waals surface area contributed by atoms with Crippen LogP contribution in [0.25, 0.3) is 0 Å². The molecule has 3 N–H and O–H groups in total. The number of carbonyl (C=O) groups excluding carboxylic acids is 1. The molecule has 0 aliphatic heterocycles. The minimum Gasteiger partial charge on any atom is -0.395 e. The molecule has 0 unspecified atom stereocenters. The van der Waals surface area contributed by atoms with Crippen molar-refractivity contribution in [2.75, 3.05) is 11.1 Å². The SMILES string of the molecule is CCn1nc(C)c(N)c1C(=O)Nc1cccnc1. The second-order valence-electron chi connectivity index (χ2n) is 3.86. The Balaban J connectivity index is 2.29. The topological polar surface area (TPSA) is 85.8 Å². The van der Waals surface area contributed by atoms with Gasteiger partial charge in [0.15, 0.2) is 0 Å². The largest absolute Gasteiger partial charge is 0.395 e. The van der Waals surface area contributed by atoms with Crippen LogP contribution in [0, 0.1) is 6.92 Å². The van der Waals surface area contributed by atoms with Gasteiger partial charge in [-0.1, -0.05) is 0 Å². The lowest BCUT2D eigenvalue weighted by Gasteiger charge is -2.07. The Hall–Kier alpha value is -2.37. The summed E-state index contributed by atoms with van der Waals surface area (Å²) in [6.45, 7) is 4.28. The lowest BCUT2D eigenvalue weighted by Crippen LogP contribution is -2.18. The summed E-state index contributed by atoms with van der Waals surface area (Å²) >= 11 is 0. The molecule has 6 heteroatoms. The van der Waals surface area contributed by atoms with Crippen LogP contribution in [0.5, 0.6) is 0 Å². The van der Waals surface area contributed by atoms with Gasteiger partial charge in [0, 0.05) is 12.7 Å². The molecule has 0 fully saturated rings. The molecule has 18 heavy (non-hydrogen) atoms. The van der Waals surface area contributed by atoms with Crippen molar-refractivity contribution < 1.29 is 4.79 Å². The third-order valence-corrected chi connectivity index (χ3v) is 2.61. The van der Waals surface area contributed by atoms with Crippen LogP contribution in [0.2, 0.25) is 0 Å². The fourth-order valence-electron chi connectivity index (χ4n) is 1.69. The number of aromatic nitrogens is 3. The number of pyridine rings is 1. The van der Waals surface area contributed by atoms with E-state index >= 15 is 0 Å². The molecule has 0 spiro atoms. The van der Waals surface area contributed by atoms with E-state index in [2.05, 4.69) is 15.4 Å². The zero-order chi connectivity index (χ0) is 13.1. The fraction of sp³-hybridized carbons (Fsp3) is 0.250. The zero-order valence-corrected chi connectivity index (χ0v) is 10.3. The third kappa shape index (κ3) is 2.17. The first kappa shape index (κ1) is 12.1. The van der Waals surface area contributed by atoms with Crippen molar-refractivity contribution >= 4 is 17.3 Å². The van der Waals surface area contributed by atoms with E-state index in [1.54, 1.807) is 36.1 Å². The minimum absolute atomic E-state index is 0.275. The molecule has 6 nitrogen and oxygen atoms in total. The molecule has 0 saturated carbocycles. The maximum atomic E-state index is 12.1. The van der Waals surface area contributed by atoms with Gasteiger partial charge in [0.2, 0.25) is 0 Å². The van der Waals surface area contributed by atoms with Crippen LogP contribution in [-0.4, -0.2) is 20.7 Å².